The first kappa shape index (κ1) is 38.2. The molecule has 0 heteroatoms. The van der Waals surface area contributed by atoms with Gasteiger partial charge in [-0.15, -0.1) is 0 Å². The van der Waals surface area contributed by atoms with E-state index in [0.29, 0.717) is 35.5 Å². The summed E-state index contributed by atoms with van der Waals surface area (Å²) < 4.78 is 0. The van der Waals surface area contributed by atoms with Gasteiger partial charge in [-0.05, 0) is 130 Å². The van der Waals surface area contributed by atoms with Gasteiger partial charge < -0.3 is 0 Å². The zero-order valence-corrected chi connectivity index (χ0v) is 35.7. The minimum absolute atomic E-state index is 0.385. The highest BCUT2D eigenvalue weighted by Gasteiger charge is 2.48. The molecule has 0 heterocycles. The number of benzene rings is 9. The molecule has 3 aliphatic rings. The summed E-state index contributed by atoms with van der Waals surface area (Å²) in [5.74, 6) is 2.54. The second-order valence-corrected chi connectivity index (χ2v) is 17.9. The molecule has 9 aromatic carbocycles. The lowest BCUT2D eigenvalue weighted by Gasteiger charge is -2.51. The molecule has 0 aromatic heterocycles. The molecule has 12 rings (SSSR count). The molecule has 4 atom stereocenters. The fourth-order valence-corrected chi connectivity index (χ4v) is 11.6. The summed E-state index contributed by atoms with van der Waals surface area (Å²) in [6, 6.07) is 76.8. The van der Waals surface area contributed by atoms with Crippen molar-refractivity contribution in [1.82, 2.24) is 0 Å². The minimum atomic E-state index is 0.385. The van der Waals surface area contributed by atoms with Gasteiger partial charge in [-0.2, -0.15) is 0 Å². The highest BCUT2D eigenvalue weighted by molar-refractivity contribution is 6.22. The van der Waals surface area contributed by atoms with Gasteiger partial charge in [0.2, 0.25) is 0 Å². The predicted octanol–water partition coefficient (Wildman–Crippen LogP) is 16.9. The summed E-state index contributed by atoms with van der Waals surface area (Å²) in [6.07, 6.45) is 19.1. The van der Waals surface area contributed by atoms with E-state index in [4.69, 9.17) is 0 Å². The van der Waals surface area contributed by atoms with Crippen molar-refractivity contribution in [3.63, 3.8) is 0 Å². The molecule has 0 bridgehead atoms. The van der Waals surface area contributed by atoms with Gasteiger partial charge in [-0.25, -0.2) is 0 Å². The fraction of sp³-hybridized carbons (Fsp3) is 0.0938. The Morgan fingerprint density at radius 1 is 0.219 bits per heavy atom. The van der Waals surface area contributed by atoms with Crippen LogP contribution in [0.1, 0.15) is 23.0 Å². The smallest absolute Gasteiger partial charge is 0.00241 e. The first-order valence-corrected chi connectivity index (χ1v) is 22.9. The number of rotatable bonds is 7. The number of allylic oxidation sites excluding steroid dienone is 8. The summed E-state index contributed by atoms with van der Waals surface area (Å²) >= 11 is 0. The van der Waals surface area contributed by atoms with E-state index in [-0.39, 0.29) is 0 Å². The molecule has 0 spiro atoms. The van der Waals surface area contributed by atoms with Crippen molar-refractivity contribution >= 4 is 21.5 Å². The van der Waals surface area contributed by atoms with E-state index in [2.05, 4.69) is 255 Å². The van der Waals surface area contributed by atoms with E-state index in [0.717, 1.165) is 0 Å². The van der Waals surface area contributed by atoms with Gasteiger partial charge in [-0.1, -0.05) is 249 Å². The van der Waals surface area contributed by atoms with Crippen LogP contribution < -0.4 is 0 Å². The molecule has 1 fully saturated rings. The molecule has 9 aromatic rings. The molecule has 3 aliphatic carbocycles. The quantitative estimate of drug-likeness (QED) is 0.141. The third kappa shape index (κ3) is 6.70. The van der Waals surface area contributed by atoms with Crippen LogP contribution in [0.4, 0.5) is 0 Å². The van der Waals surface area contributed by atoms with Crippen LogP contribution in [-0.2, 0) is 0 Å². The summed E-state index contributed by atoms with van der Waals surface area (Å²) in [4.78, 5) is 0. The van der Waals surface area contributed by atoms with Crippen molar-refractivity contribution < 1.29 is 0 Å². The van der Waals surface area contributed by atoms with E-state index in [1.165, 1.54) is 88.3 Å². The zero-order chi connectivity index (χ0) is 42.4. The normalized spacial score (nSPS) is 20.9. The zero-order valence-electron chi connectivity index (χ0n) is 35.7. The molecule has 0 radical (unpaired) electrons. The lowest BCUT2D eigenvalue weighted by molar-refractivity contribution is 0.156. The van der Waals surface area contributed by atoms with E-state index in [9.17, 15) is 0 Å². The second-order valence-electron chi connectivity index (χ2n) is 17.9. The van der Waals surface area contributed by atoms with Gasteiger partial charge >= 0.3 is 0 Å². The molecular formula is C64H48. The summed E-state index contributed by atoms with van der Waals surface area (Å²) in [7, 11) is 0. The van der Waals surface area contributed by atoms with Crippen molar-refractivity contribution in [2.24, 2.45) is 23.7 Å². The van der Waals surface area contributed by atoms with E-state index >= 15 is 0 Å². The van der Waals surface area contributed by atoms with Gasteiger partial charge in [0.25, 0.3) is 0 Å². The van der Waals surface area contributed by atoms with E-state index in [1.54, 1.807) is 0 Å². The Kier molecular flexibility index (Phi) is 9.72. The first-order chi connectivity index (χ1) is 31.8. The van der Waals surface area contributed by atoms with Gasteiger partial charge in [-0.3, -0.25) is 0 Å². The molecule has 0 nitrogen and oxygen atoms in total. The molecule has 4 unspecified atom stereocenters. The maximum Gasteiger partial charge on any atom is -0.00241 e. The third-order valence-corrected chi connectivity index (χ3v) is 14.5. The summed E-state index contributed by atoms with van der Waals surface area (Å²) in [5, 5.41) is 5.04. The topological polar surface area (TPSA) is 0 Å². The largest absolute Gasteiger partial charge is 0.0802 e. The van der Waals surface area contributed by atoms with Gasteiger partial charge in [0, 0.05) is 0 Å². The minimum Gasteiger partial charge on any atom is -0.0802 e. The van der Waals surface area contributed by atoms with Crippen molar-refractivity contribution in [3.8, 4) is 55.6 Å². The Bertz CT molecular complexity index is 3210. The molecule has 64 heavy (non-hydrogen) atoms. The van der Waals surface area contributed by atoms with Gasteiger partial charge in [0.1, 0.15) is 0 Å². The highest BCUT2D eigenvalue weighted by atomic mass is 14.5. The van der Waals surface area contributed by atoms with Crippen LogP contribution in [0, 0.1) is 23.7 Å². The molecule has 0 N–H and O–H groups in total. The average molecular weight is 817 g/mol. The summed E-state index contributed by atoms with van der Waals surface area (Å²) in [5.41, 5.74) is 15.2. The number of hydrogen-bond acceptors (Lipinski definition) is 0. The number of hydrogen-bond donors (Lipinski definition) is 0. The van der Waals surface area contributed by atoms with Crippen LogP contribution in [0.5, 0.6) is 0 Å². The fourth-order valence-electron chi connectivity index (χ4n) is 11.6. The Labute approximate surface area is 376 Å². The molecule has 0 amide bonds. The van der Waals surface area contributed by atoms with Crippen LogP contribution >= 0.6 is 0 Å². The SMILES string of the molecule is C1=CC2C(C=C1)C(c1ccc(-c3ccc4c(-c5ccc(-c6ccccc6)cc5)c5ccccc5c(-c5ccc(-c6ccccc6)cc5)c4c3)cc1)C1C=CC=CC1C2c1ccccc1. The molecular weight excluding hydrogens is 769 g/mol. The van der Waals surface area contributed by atoms with Crippen molar-refractivity contribution in [1.29, 1.82) is 0 Å². The maximum absolute atomic E-state index is 2.50. The lowest BCUT2D eigenvalue weighted by atomic mass is 9.52. The standard InChI is InChI=1S/C64H48/c1-4-16-43(17-5-1)45-28-34-50(35-29-45)63-57-26-14-15-27-58(57)64(51-36-30-46(31-37-51)44-18-6-2-7-19-44)60-42-52(40-41-59(60)63)47-32-38-49(39-33-47)62-55-24-12-10-22-53(55)61(48-20-8-3-9-21-48)54-23-11-13-25-56(54)62/h1-42,53-56,61-62H. The van der Waals surface area contributed by atoms with Crippen molar-refractivity contribution in [2.75, 3.05) is 0 Å². The maximum atomic E-state index is 2.50. The van der Waals surface area contributed by atoms with Gasteiger partial charge in [0.05, 0.1) is 0 Å². The van der Waals surface area contributed by atoms with Crippen molar-refractivity contribution in [3.05, 3.63) is 266 Å². The average Bonchev–Trinajstić information content (AvgIpc) is 3.38. The predicted molar refractivity (Wildman–Crippen MR) is 271 cm³/mol. The molecule has 0 aliphatic heterocycles. The monoisotopic (exact) mass is 816 g/mol. The molecule has 304 valence electrons. The second kappa shape index (κ2) is 16.3. The Hall–Kier alpha value is -7.54. The van der Waals surface area contributed by atoms with Crippen molar-refractivity contribution in [2.45, 2.75) is 11.8 Å². The van der Waals surface area contributed by atoms with Crippen LogP contribution in [0.15, 0.2) is 255 Å². The first-order valence-electron chi connectivity index (χ1n) is 22.9. The van der Waals surface area contributed by atoms with Gasteiger partial charge in [0.15, 0.2) is 0 Å². The Balaban J connectivity index is 0.981. The Morgan fingerprint density at radius 3 is 1.00 bits per heavy atom. The number of fused-ring (bicyclic) bond motifs is 4. The molecule has 1 saturated carbocycles. The van der Waals surface area contributed by atoms with Crippen LogP contribution in [0.25, 0.3) is 77.2 Å². The summed E-state index contributed by atoms with van der Waals surface area (Å²) in [6.45, 7) is 0. The lowest BCUT2D eigenvalue weighted by Crippen LogP contribution is -2.42. The van der Waals surface area contributed by atoms with Crippen LogP contribution in [0.2, 0.25) is 0 Å². The Morgan fingerprint density at radius 2 is 0.531 bits per heavy atom. The highest BCUT2D eigenvalue weighted by Crippen LogP contribution is 2.58. The van der Waals surface area contributed by atoms with Crippen LogP contribution in [0.3, 0.4) is 0 Å². The van der Waals surface area contributed by atoms with E-state index < -0.39 is 0 Å². The van der Waals surface area contributed by atoms with Crippen LogP contribution in [-0.4, -0.2) is 0 Å². The van der Waals surface area contributed by atoms with E-state index in [1.807, 2.05) is 0 Å². The molecule has 0 saturated heterocycles. The third-order valence-electron chi connectivity index (χ3n) is 14.5.